The molecule has 5 nitrogen and oxygen atoms in total. The van der Waals surface area contributed by atoms with Gasteiger partial charge in [0.25, 0.3) is 0 Å². The smallest absolute Gasteiger partial charge is 0.283 e. The van der Waals surface area contributed by atoms with Gasteiger partial charge >= 0.3 is 12.2 Å². The summed E-state index contributed by atoms with van der Waals surface area (Å²) in [5.41, 5.74) is 1.45. The SMILES string of the molecule is Cc1csc(NC(=O)N2CCC(C)(C)c3ccc(-c4cccc(C(F)(F)F)c4)nc32)n1. The zero-order valence-corrected chi connectivity index (χ0v) is 18.1. The van der Waals surface area contributed by atoms with Crippen molar-refractivity contribution in [3.8, 4) is 11.3 Å². The molecule has 4 rings (SSSR count). The number of nitrogens with zero attached hydrogens (tertiary/aromatic N) is 3. The van der Waals surface area contributed by atoms with Crippen molar-refractivity contribution in [2.45, 2.75) is 38.8 Å². The van der Waals surface area contributed by atoms with Gasteiger partial charge in [0.15, 0.2) is 5.13 Å². The predicted molar refractivity (Wildman–Crippen MR) is 116 cm³/mol. The van der Waals surface area contributed by atoms with Crippen molar-refractivity contribution in [3.63, 3.8) is 0 Å². The number of aromatic nitrogens is 2. The first-order valence-electron chi connectivity index (χ1n) is 9.74. The van der Waals surface area contributed by atoms with E-state index >= 15 is 0 Å². The molecule has 2 amide bonds. The summed E-state index contributed by atoms with van der Waals surface area (Å²) in [6, 6.07) is 8.25. The van der Waals surface area contributed by atoms with Gasteiger partial charge in [-0.15, -0.1) is 11.3 Å². The maximum absolute atomic E-state index is 13.1. The van der Waals surface area contributed by atoms with Crippen LogP contribution in [0.1, 0.15) is 37.1 Å². The van der Waals surface area contributed by atoms with Crippen LogP contribution in [0.15, 0.2) is 41.8 Å². The average molecular weight is 446 g/mol. The van der Waals surface area contributed by atoms with E-state index in [0.717, 1.165) is 29.8 Å². The molecule has 9 heteroatoms. The number of halogens is 3. The van der Waals surface area contributed by atoms with E-state index in [2.05, 4.69) is 29.1 Å². The van der Waals surface area contributed by atoms with Crippen LogP contribution in [-0.2, 0) is 11.6 Å². The van der Waals surface area contributed by atoms with Crippen LogP contribution in [-0.4, -0.2) is 22.5 Å². The first-order chi connectivity index (χ1) is 14.5. The number of thiazole rings is 1. The molecular weight excluding hydrogens is 425 g/mol. The fourth-order valence-electron chi connectivity index (χ4n) is 3.60. The fourth-order valence-corrected chi connectivity index (χ4v) is 4.28. The Balaban J connectivity index is 1.73. The van der Waals surface area contributed by atoms with E-state index < -0.39 is 11.7 Å². The number of alkyl halides is 3. The zero-order valence-electron chi connectivity index (χ0n) is 17.2. The van der Waals surface area contributed by atoms with Gasteiger partial charge in [-0.1, -0.05) is 32.0 Å². The minimum absolute atomic E-state index is 0.219. The van der Waals surface area contributed by atoms with Crippen LogP contribution in [0.3, 0.4) is 0 Å². The van der Waals surface area contributed by atoms with Crippen LogP contribution in [0.5, 0.6) is 0 Å². The molecule has 2 aromatic heterocycles. The normalized spacial score (nSPS) is 15.5. The van der Waals surface area contributed by atoms with Crippen molar-refractivity contribution in [1.29, 1.82) is 0 Å². The van der Waals surface area contributed by atoms with Crippen molar-refractivity contribution in [3.05, 3.63) is 58.6 Å². The third kappa shape index (κ3) is 4.27. The number of carbonyl (C=O) groups excluding carboxylic acids is 1. The first kappa shape index (κ1) is 21.3. The second kappa shape index (κ2) is 7.64. The Labute approximate surface area is 182 Å². The number of aryl methyl sites for hydroxylation is 1. The lowest BCUT2D eigenvalue weighted by Gasteiger charge is -2.38. The summed E-state index contributed by atoms with van der Waals surface area (Å²) >= 11 is 1.33. The summed E-state index contributed by atoms with van der Waals surface area (Å²) in [5.74, 6) is 0.455. The van der Waals surface area contributed by atoms with E-state index in [1.165, 1.54) is 22.3 Å². The Morgan fingerprint density at radius 2 is 1.97 bits per heavy atom. The number of rotatable bonds is 2. The summed E-state index contributed by atoms with van der Waals surface area (Å²) < 4.78 is 39.4. The standard InChI is InChI=1S/C22H21F3N4OS/c1-13-12-31-19(26-13)28-20(30)29-10-9-21(2,3)16-7-8-17(27-18(16)29)14-5-4-6-15(11-14)22(23,24)25/h4-8,11-12H,9-10H2,1-3H3,(H,26,28,30). The van der Waals surface area contributed by atoms with Gasteiger partial charge in [-0.05, 0) is 37.0 Å². The molecule has 3 heterocycles. The number of fused-ring (bicyclic) bond motifs is 1. The lowest BCUT2D eigenvalue weighted by Crippen LogP contribution is -2.43. The zero-order chi connectivity index (χ0) is 22.4. The number of pyridine rings is 1. The molecule has 0 unspecified atom stereocenters. The van der Waals surface area contributed by atoms with Crippen molar-refractivity contribution < 1.29 is 18.0 Å². The van der Waals surface area contributed by atoms with E-state index in [1.807, 2.05) is 18.4 Å². The maximum Gasteiger partial charge on any atom is 0.416 e. The number of benzene rings is 1. The highest BCUT2D eigenvalue weighted by Gasteiger charge is 2.36. The fraction of sp³-hybridized carbons (Fsp3) is 0.318. The second-order valence-electron chi connectivity index (χ2n) is 8.16. The van der Waals surface area contributed by atoms with Crippen LogP contribution in [0, 0.1) is 6.92 Å². The second-order valence-corrected chi connectivity index (χ2v) is 9.01. The molecule has 0 radical (unpaired) electrons. The van der Waals surface area contributed by atoms with Gasteiger partial charge in [0, 0.05) is 23.1 Å². The topological polar surface area (TPSA) is 58.1 Å². The van der Waals surface area contributed by atoms with E-state index in [9.17, 15) is 18.0 Å². The van der Waals surface area contributed by atoms with Crippen molar-refractivity contribution in [1.82, 2.24) is 9.97 Å². The van der Waals surface area contributed by atoms with Gasteiger partial charge < -0.3 is 0 Å². The molecule has 0 atom stereocenters. The molecule has 0 fully saturated rings. The third-order valence-corrected chi connectivity index (χ3v) is 6.26. The van der Waals surface area contributed by atoms with Gasteiger partial charge in [0.05, 0.1) is 17.0 Å². The van der Waals surface area contributed by atoms with Crippen LogP contribution < -0.4 is 10.2 Å². The number of anilines is 2. The van der Waals surface area contributed by atoms with Gasteiger partial charge in [-0.2, -0.15) is 13.2 Å². The van der Waals surface area contributed by atoms with Crippen LogP contribution in [0.2, 0.25) is 0 Å². The van der Waals surface area contributed by atoms with Crippen LogP contribution >= 0.6 is 11.3 Å². The van der Waals surface area contributed by atoms with Gasteiger partial charge in [0.1, 0.15) is 5.82 Å². The largest absolute Gasteiger partial charge is 0.416 e. The molecule has 0 aliphatic carbocycles. The molecule has 1 aliphatic heterocycles. The summed E-state index contributed by atoms with van der Waals surface area (Å²) in [6.07, 6.45) is -3.71. The highest BCUT2D eigenvalue weighted by molar-refractivity contribution is 7.13. The molecule has 0 spiro atoms. The molecular formula is C22H21F3N4OS. The quantitative estimate of drug-likeness (QED) is 0.506. The first-order valence-corrected chi connectivity index (χ1v) is 10.6. The molecule has 0 saturated carbocycles. The highest BCUT2D eigenvalue weighted by atomic mass is 32.1. The Hall–Kier alpha value is -2.94. The summed E-state index contributed by atoms with van der Waals surface area (Å²) in [6.45, 7) is 6.41. The molecule has 3 aromatic rings. The Kier molecular flexibility index (Phi) is 5.25. The monoisotopic (exact) mass is 446 g/mol. The molecule has 1 aliphatic rings. The van der Waals surface area contributed by atoms with E-state index in [4.69, 9.17) is 0 Å². The molecule has 31 heavy (non-hydrogen) atoms. The molecule has 1 aromatic carbocycles. The van der Waals surface area contributed by atoms with Crippen LogP contribution in [0.25, 0.3) is 11.3 Å². The van der Waals surface area contributed by atoms with Crippen molar-refractivity contribution in [2.24, 2.45) is 0 Å². The lowest BCUT2D eigenvalue weighted by atomic mass is 9.79. The van der Waals surface area contributed by atoms with Gasteiger partial charge in [-0.25, -0.2) is 14.8 Å². The number of hydrogen-bond donors (Lipinski definition) is 1. The minimum atomic E-state index is -4.44. The van der Waals surface area contributed by atoms with E-state index in [0.29, 0.717) is 28.8 Å². The molecule has 1 N–H and O–H groups in total. The van der Waals surface area contributed by atoms with Gasteiger partial charge in [-0.3, -0.25) is 10.2 Å². The van der Waals surface area contributed by atoms with Crippen molar-refractivity contribution in [2.75, 3.05) is 16.8 Å². The third-order valence-electron chi connectivity index (χ3n) is 5.38. The van der Waals surface area contributed by atoms with E-state index in [-0.39, 0.29) is 11.4 Å². The van der Waals surface area contributed by atoms with Gasteiger partial charge in [0.2, 0.25) is 0 Å². The molecule has 0 saturated heterocycles. The Bertz CT molecular complexity index is 1140. The summed E-state index contributed by atoms with van der Waals surface area (Å²) in [5, 5.41) is 5.12. The maximum atomic E-state index is 13.1. The molecule has 162 valence electrons. The highest BCUT2D eigenvalue weighted by Crippen LogP contribution is 2.40. The average Bonchev–Trinajstić information content (AvgIpc) is 3.11. The Morgan fingerprint density at radius 3 is 2.65 bits per heavy atom. The predicted octanol–water partition coefficient (Wildman–Crippen LogP) is 6.25. The Morgan fingerprint density at radius 1 is 1.19 bits per heavy atom. The molecule has 0 bridgehead atoms. The number of hydrogen-bond acceptors (Lipinski definition) is 4. The van der Waals surface area contributed by atoms with Crippen molar-refractivity contribution >= 4 is 28.3 Å². The number of nitrogens with one attached hydrogen (secondary N) is 1. The minimum Gasteiger partial charge on any atom is -0.283 e. The van der Waals surface area contributed by atoms with Crippen LogP contribution in [0.4, 0.5) is 28.9 Å². The summed E-state index contributed by atoms with van der Waals surface area (Å²) in [4.78, 5) is 23.4. The summed E-state index contributed by atoms with van der Waals surface area (Å²) in [7, 11) is 0. The number of carbonyl (C=O) groups is 1. The van der Waals surface area contributed by atoms with E-state index in [1.54, 1.807) is 12.1 Å². The number of urea groups is 1. The lowest BCUT2D eigenvalue weighted by molar-refractivity contribution is -0.137. The number of amides is 2.